The molecule has 0 saturated carbocycles. The molecule has 0 bridgehead atoms. The summed E-state index contributed by atoms with van der Waals surface area (Å²) in [6.07, 6.45) is 0.631. The predicted molar refractivity (Wildman–Crippen MR) is 52.7 cm³/mol. The number of rotatable bonds is 2. The first-order chi connectivity index (χ1) is 6.74. The number of nitrogens with two attached hydrogens (primary N) is 1. The molecular weight excluding hydrogens is 178 g/mol. The van der Waals surface area contributed by atoms with Gasteiger partial charge in [-0.15, -0.1) is 10.2 Å². The standard InChI is InChI=1S/C10H11N3O/c1-7-12-13-10(14-7)6-8-3-2-4-9(11)5-8/h2-5H,6,11H2,1H3. The summed E-state index contributed by atoms with van der Waals surface area (Å²) in [6.45, 7) is 1.77. The van der Waals surface area contributed by atoms with Crippen molar-refractivity contribution in [1.29, 1.82) is 0 Å². The summed E-state index contributed by atoms with van der Waals surface area (Å²) in [7, 11) is 0. The highest BCUT2D eigenvalue weighted by Crippen LogP contribution is 2.11. The molecule has 2 N–H and O–H groups in total. The van der Waals surface area contributed by atoms with Gasteiger partial charge in [0.2, 0.25) is 11.8 Å². The summed E-state index contributed by atoms with van der Waals surface area (Å²) in [6, 6.07) is 7.64. The zero-order chi connectivity index (χ0) is 9.97. The van der Waals surface area contributed by atoms with Gasteiger partial charge in [-0.2, -0.15) is 0 Å². The summed E-state index contributed by atoms with van der Waals surface area (Å²) < 4.78 is 5.26. The van der Waals surface area contributed by atoms with Crippen molar-refractivity contribution in [2.75, 3.05) is 5.73 Å². The van der Waals surface area contributed by atoms with Crippen LogP contribution in [-0.2, 0) is 6.42 Å². The Morgan fingerprint density at radius 1 is 1.36 bits per heavy atom. The van der Waals surface area contributed by atoms with E-state index in [1.807, 2.05) is 24.3 Å². The molecule has 2 rings (SSSR count). The molecule has 0 fully saturated rings. The molecule has 4 nitrogen and oxygen atoms in total. The summed E-state index contributed by atoms with van der Waals surface area (Å²) in [5.74, 6) is 1.21. The lowest BCUT2D eigenvalue weighted by atomic mass is 10.1. The third kappa shape index (κ3) is 1.90. The van der Waals surface area contributed by atoms with Crippen LogP contribution in [-0.4, -0.2) is 10.2 Å². The van der Waals surface area contributed by atoms with Gasteiger partial charge < -0.3 is 10.2 Å². The molecule has 0 saturated heterocycles. The number of aromatic nitrogens is 2. The minimum atomic E-state index is 0.587. The van der Waals surface area contributed by atoms with Gasteiger partial charge in [0.15, 0.2) is 0 Å². The quantitative estimate of drug-likeness (QED) is 0.728. The van der Waals surface area contributed by atoms with Crippen LogP contribution < -0.4 is 5.73 Å². The third-order valence-corrected chi connectivity index (χ3v) is 1.87. The zero-order valence-electron chi connectivity index (χ0n) is 7.90. The van der Waals surface area contributed by atoms with Crippen molar-refractivity contribution < 1.29 is 4.42 Å². The molecule has 72 valence electrons. The van der Waals surface area contributed by atoms with Crippen LogP contribution in [0.4, 0.5) is 5.69 Å². The molecule has 14 heavy (non-hydrogen) atoms. The molecule has 0 atom stereocenters. The molecular formula is C10H11N3O. The van der Waals surface area contributed by atoms with Crippen molar-refractivity contribution in [2.24, 2.45) is 0 Å². The van der Waals surface area contributed by atoms with Crippen LogP contribution in [0.3, 0.4) is 0 Å². The second-order valence-corrected chi connectivity index (χ2v) is 3.14. The van der Waals surface area contributed by atoms with Gasteiger partial charge in [-0.1, -0.05) is 12.1 Å². The number of aryl methyl sites for hydroxylation is 1. The van der Waals surface area contributed by atoms with Gasteiger partial charge in [0.05, 0.1) is 6.42 Å². The van der Waals surface area contributed by atoms with Crippen molar-refractivity contribution in [3.05, 3.63) is 41.6 Å². The zero-order valence-corrected chi connectivity index (χ0v) is 7.90. The molecule has 0 aliphatic rings. The summed E-state index contributed by atoms with van der Waals surface area (Å²) in [4.78, 5) is 0. The fourth-order valence-electron chi connectivity index (χ4n) is 1.29. The average Bonchev–Trinajstić information content (AvgIpc) is 2.51. The first-order valence-corrected chi connectivity index (χ1v) is 4.37. The highest BCUT2D eigenvalue weighted by molar-refractivity contribution is 5.41. The van der Waals surface area contributed by atoms with Crippen LogP contribution >= 0.6 is 0 Å². The second-order valence-electron chi connectivity index (χ2n) is 3.14. The molecule has 0 amide bonds. The largest absolute Gasteiger partial charge is 0.425 e. The average molecular weight is 189 g/mol. The molecule has 0 radical (unpaired) electrons. The maximum atomic E-state index is 5.65. The number of hydrogen-bond donors (Lipinski definition) is 1. The molecule has 1 aromatic carbocycles. The van der Waals surface area contributed by atoms with Crippen LogP contribution in [0.1, 0.15) is 17.3 Å². The minimum Gasteiger partial charge on any atom is -0.425 e. The third-order valence-electron chi connectivity index (χ3n) is 1.87. The Balaban J connectivity index is 2.18. The van der Waals surface area contributed by atoms with Crippen molar-refractivity contribution in [1.82, 2.24) is 10.2 Å². The van der Waals surface area contributed by atoms with Gasteiger partial charge in [0.25, 0.3) is 0 Å². The maximum absolute atomic E-state index is 5.65. The molecule has 0 aliphatic heterocycles. The molecule has 4 heteroatoms. The maximum Gasteiger partial charge on any atom is 0.220 e. The molecule has 0 unspecified atom stereocenters. The van der Waals surface area contributed by atoms with Gasteiger partial charge >= 0.3 is 0 Å². The van der Waals surface area contributed by atoms with Gasteiger partial charge in [-0.3, -0.25) is 0 Å². The Morgan fingerprint density at radius 3 is 2.86 bits per heavy atom. The molecule has 1 aromatic heterocycles. The number of anilines is 1. The molecule has 0 aliphatic carbocycles. The van der Waals surface area contributed by atoms with Crippen LogP contribution in [0, 0.1) is 6.92 Å². The molecule has 0 spiro atoms. The first kappa shape index (κ1) is 8.74. The number of hydrogen-bond acceptors (Lipinski definition) is 4. The fraction of sp³-hybridized carbons (Fsp3) is 0.200. The number of benzene rings is 1. The van der Waals surface area contributed by atoms with E-state index in [1.165, 1.54) is 0 Å². The van der Waals surface area contributed by atoms with Crippen LogP contribution in [0.25, 0.3) is 0 Å². The topological polar surface area (TPSA) is 64.9 Å². The van der Waals surface area contributed by atoms with E-state index < -0.39 is 0 Å². The summed E-state index contributed by atoms with van der Waals surface area (Å²) in [5.41, 5.74) is 7.48. The Morgan fingerprint density at radius 2 is 2.21 bits per heavy atom. The van der Waals surface area contributed by atoms with E-state index in [4.69, 9.17) is 10.2 Å². The van der Waals surface area contributed by atoms with Crippen LogP contribution in [0.2, 0.25) is 0 Å². The number of nitrogen functional groups attached to an aromatic ring is 1. The Kier molecular flexibility index (Phi) is 2.18. The summed E-state index contributed by atoms with van der Waals surface area (Å²) in [5, 5.41) is 7.67. The smallest absolute Gasteiger partial charge is 0.220 e. The lowest BCUT2D eigenvalue weighted by molar-refractivity contribution is 0.477. The minimum absolute atomic E-state index is 0.587. The predicted octanol–water partition coefficient (Wildman–Crippen LogP) is 1.55. The van der Waals surface area contributed by atoms with Gasteiger partial charge in [0.1, 0.15) is 0 Å². The van der Waals surface area contributed by atoms with Crippen molar-refractivity contribution in [2.45, 2.75) is 13.3 Å². The van der Waals surface area contributed by atoms with Crippen LogP contribution in [0.15, 0.2) is 28.7 Å². The van der Waals surface area contributed by atoms with E-state index in [2.05, 4.69) is 10.2 Å². The van der Waals surface area contributed by atoms with E-state index in [-0.39, 0.29) is 0 Å². The lowest BCUT2D eigenvalue weighted by Crippen LogP contribution is -1.91. The Labute approximate surface area is 81.8 Å². The second kappa shape index (κ2) is 3.49. The Hall–Kier alpha value is -1.84. The molecule has 1 heterocycles. The van der Waals surface area contributed by atoms with Crippen LogP contribution in [0.5, 0.6) is 0 Å². The van der Waals surface area contributed by atoms with Crippen molar-refractivity contribution in [3.63, 3.8) is 0 Å². The summed E-state index contributed by atoms with van der Waals surface area (Å²) >= 11 is 0. The number of nitrogens with zero attached hydrogens (tertiary/aromatic N) is 2. The van der Waals surface area contributed by atoms with E-state index in [0.29, 0.717) is 18.2 Å². The highest BCUT2D eigenvalue weighted by Gasteiger charge is 2.03. The lowest BCUT2D eigenvalue weighted by Gasteiger charge is -1.97. The van der Waals surface area contributed by atoms with Crippen molar-refractivity contribution >= 4 is 5.69 Å². The van der Waals surface area contributed by atoms with Gasteiger partial charge in [-0.25, -0.2) is 0 Å². The molecule has 2 aromatic rings. The van der Waals surface area contributed by atoms with Crippen molar-refractivity contribution in [3.8, 4) is 0 Å². The first-order valence-electron chi connectivity index (χ1n) is 4.37. The monoisotopic (exact) mass is 189 g/mol. The fourth-order valence-corrected chi connectivity index (χ4v) is 1.29. The van der Waals surface area contributed by atoms with E-state index in [9.17, 15) is 0 Å². The van der Waals surface area contributed by atoms with Gasteiger partial charge in [-0.05, 0) is 17.7 Å². The Bertz CT molecular complexity index is 436. The van der Waals surface area contributed by atoms with Gasteiger partial charge in [0, 0.05) is 12.6 Å². The van der Waals surface area contributed by atoms with E-state index in [1.54, 1.807) is 6.92 Å². The van der Waals surface area contributed by atoms with E-state index >= 15 is 0 Å². The SMILES string of the molecule is Cc1nnc(Cc2cccc(N)c2)o1. The normalized spacial score (nSPS) is 10.4. The highest BCUT2D eigenvalue weighted by atomic mass is 16.4. The van der Waals surface area contributed by atoms with E-state index in [0.717, 1.165) is 11.3 Å².